The number of carbonyl (C=O) groups is 3. The molecule has 2 amide bonds. The molecule has 3 rings (SSSR count). The van der Waals surface area contributed by atoms with E-state index in [2.05, 4.69) is 5.32 Å². The number of rotatable bonds is 5. The van der Waals surface area contributed by atoms with E-state index in [9.17, 15) is 14.4 Å². The molecular weight excluding hydrogens is 408 g/mol. The van der Waals surface area contributed by atoms with Crippen molar-refractivity contribution in [2.75, 3.05) is 18.1 Å². The van der Waals surface area contributed by atoms with Crippen LogP contribution in [0.3, 0.4) is 0 Å². The maximum atomic E-state index is 13.7. The summed E-state index contributed by atoms with van der Waals surface area (Å²) in [7, 11) is 0. The molecule has 2 aromatic rings. The Hall–Kier alpha value is -3.61. The number of fused-ring (bicyclic) bond motifs is 1. The van der Waals surface area contributed by atoms with Gasteiger partial charge in [-0.05, 0) is 56.5 Å². The zero-order valence-electron chi connectivity index (χ0n) is 18.8. The fourth-order valence-electron chi connectivity index (χ4n) is 3.46. The van der Waals surface area contributed by atoms with Gasteiger partial charge in [-0.15, -0.1) is 0 Å². The molecule has 7 nitrogen and oxygen atoms in total. The van der Waals surface area contributed by atoms with E-state index in [1.807, 2.05) is 48.5 Å². The first-order chi connectivity index (χ1) is 15.2. The van der Waals surface area contributed by atoms with Gasteiger partial charge in [-0.3, -0.25) is 14.5 Å². The molecule has 2 aromatic carbocycles. The average Bonchev–Trinajstić information content (AvgIpc) is 2.84. The van der Waals surface area contributed by atoms with Crippen LogP contribution in [-0.4, -0.2) is 42.8 Å². The molecule has 1 unspecified atom stereocenters. The molecule has 1 heterocycles. The molecule has 1 atom stereocenters. The van der Waals surface area contributed by atoms with Gasteiger partial charge >= 0.3 is 12.1 Å². The van der Waals surface area contributed by atoms with Crippen molar-refractivity contribution >= 4 is 35.3 Å². The number of nitrogens with one attached hydrogen (secondary N) is 1. The largest absolute Gasteiger partial charge is 0.465 e. The van der Waals surface area contributed by atoms with E-state index < -0.39 is 29.6 Å². The lowest BCUT2D eigenvalue weighted by molar-refractivity contribution is -0.142. The van der Waals surface area contributed by atoms with Crippen molar-refractivity contribution in [1.82, 2.24) is 5.32 Å². The number of alkyl carbamates (subject to hydrolysis) is 1. The van der Waals surface area contributed by atoms with Gasteiger partial charge in [-0.25, -0.2) is 4.79 Å². The highest BCUT2D eigenvalue weighted by Gasteiger charge is 2.36. The van der Waals surface area contributed by atoms with Crippen LogP contribution in [0.15, 0.2) is 54.6 Å². The van der Waals surface area contributed by atoms with Gasteiger partial charge in [-0.2, -0.15) is 0 Å². The summed E-state index contributed by atoms with van der Waals surface area (Å²) in [5.74, 6) is -0.987. The maximum absolute atomic E-state index is 13.7. The Morgan fingerprint density at radius 2 is 1.69 bits per heavy atom. The molecule has 1 aliphatic rings. The van der Waals surface area contributed by atoms with Gasteiger partial charge in [0, 0.05) is 0 Å². The van der Waals surface area contributed by atoms with Gasteiger partial charge in [0.2, 0.25) is 0 Å². The highest BCUT2D eigenvalue weighted by molar-refractivity contribution is 6.14. The van der Waals surface area contributed by atoms with Crippen LogP contribution in [-0.2, 0) is 19.1 Å². The number of benzene rings is 2. The minimum Gasteiger partial charge on any atom is -0.465 e. The Kier molecular flexibility index (Phi) is 6.98. The lowest BCUT2D eigenvalue weighted by Crippen LogP contribution is -2.51. The summed E-state index contributed by atoms with van der Waals surface area (Å²) in [5, 5.41) is 2.71. The van der Waals surface area contributed by atoms with Crippen molar-refractivity contribution in [3.8, 4) is 0 Å². The molecule has 0 radical (unpaired) electrons. The third-order valence-electron chi connectivity index (χ3n) is 4.72. The monoisotopic (exact) mass is 436 g/mol. The van der Waals surface area contributed by atoms with Crippen LogP contribution in [0.25, 0.3) is 11.6 Å². The highest BCUT2D eigenvalue weighted by atomic mass is 16.6. The number of hydrogen-bond donors (Lipinski definition) is 1. The van der Waals surface area contributed by atoms with E-state index in [0.29, 0.717) is 11.3 Å². The van der Waals surface area contributed by atoms with E-state index in [0.717, 1.165) is 11.1 Å². The second-order valence-corrected chi connectivity index (χ2v) is 8.33. The molecule has 0 saturated heterocycles. The Labute approximate surface area is 188 Å². The zero-order chi connectivity index (χ0) is 23.3. The smallest absolute Gasteiger partial charge is 0.408 e. The highest BCUT2D eigenvalue weighted by Crippen LogP contribution is 2.33. The molecule has 1 aliphatic heterocycles. The van der Waals surface area contributed by atoms with Crippen molar-refractivity contribution in [2.24, 2.45) is 0 Å². The lowest BCUT2D eigenvalue weighted by Gasteiger charge is -2.28. The predicted octanol–water partition coefficient (Wildman–Crippen LogP) is 4.03. The SMILES string of the molecule is CCOC(=O)CN1C(=O)C(NC(=O)OC(C)(C)C)C(c2ccccc2)=Cc2ccccc21. The number of amides is 2. The van der Waals surface area contributed by atoms with E-state index in [1.54, 1.807) is 39.8 Å². The Morgan fingerprint density at radius 3 is 2.34 bits per heavy atom. The zero-order valence-corrected chi connectivity index (χ0v) is 18.8. The van der Waals surface area contributed by atoms with Crippen LogP contribution in [0.4, 0.5) is 10.5 Å². The van der Waals surface area contributed by atoms with Crippen molar-refractivity contribution in [3.63, 3.8) is 0 Å². The molecule has 168 valence electrons. The number of para-hydroxylation sites is 1. The number of ether oxygens (including phenoxy) is 2. The van der Waals surface area contributed by atoms with E-state index in [4.69, 9.17) is 9.47 Å². The lowest BCUT2D eigenvalue weighted by atomic mass is 9.96. The van der Waals surface area contributed by atoms with Crippen LogP contribution in [0.1, 0.15) is 38.8 Å². The van der Waals surface area contributed by atoms with Crippen molar-refractivity contribution in [3.05, 3.63) is 65.7 Å². The molecule has 0 aromatic heterocycles. The minimum atomic E-state index is -1.06. The van der Waals surface area contributed by atoms with Gasteiger partial charge in [0.1, 0.15) is 18.2 Å². The standard InChI is InChI=1S/C25H28N2O5/c1-5-31-21(28)16-27-20-14-10-9-13-18(20)15-19(17-11-7-6-8-12-17)22(23(27)29)26-24(30)32-25(2,3)4/h6-15,22H,5,16H2,1-4H3,(H,26,30). The second-order valence-electron chi connectivity index (χ2n) is 8.33. The van der Waals surface area contributed by atoms with Gasteiger partial charge < -0.3 is 14.8 Å². The minimum absolute atomic E-state index is 0.204. The van der Waals surface area contributed by atoms with Gasteiger partial charge in [-0.1, -0.05) is 48.5 Å². The molecule has 7 heteroatoms. The van der Waals surface area contributed by atoms with Crippen molar-refractivity contribution in [2.45, 2.75) is 39.3 Å². The Bertz CT molecular complexity index is 1020. The molecule has 0 spiro atoms. The molecule has 0 saturated carbocycles. The third-order valence-corrected chi connectivity index (χ3v) is 4.72. The van der Waals surface area contributed by atoms with Gasteiger partial charge in [0.05, 0.1) is 12.3 Å². The first-order valence-electron chi connectivity index (χ1n) is 10.5. The predicted molar refractivity (Wildman–Crippen MR) is 123 cm³/mol. The topological polar surface area (TPSA) is 84.9 Å². The molecular formula is C25H28N2O5. The fourth-order valence-corrected chi connectivity index (χ4v) is 3.46. The summed E-state index contributed by atoms with van der Waals surface area (Å²) in [6.45, 7) is 6.88. The second kappa shape index (κ2) is 9.68. The molecule has 32 heavy (non-hydrogen) atoms. The first-order valence-corrected chi connectivity index (χ1v) is 10.5. The van der Waals surface area contributed by atoms with E-state index >= 15 is 0 Å². The Morgan fingerprint density at radius 1 is 1.03 bits per heavy atom. The van der Waals surface area contributed by atoms with Crippen LogP contribution in [0, 0.1) is 0 Å². The summed E-state index contributed by atoms with van der Waals surface area (Å²) >= 11 is 0. The summed E-state index contributed by atoms with van der Waals surface area (Å²) in [6, 6.07) is 15.5. The van der Waals surface area contributed by atoms with Crippen LogP contribution in [0.5, 0.6) is 0 Å². The molecule has 1 N–H and O–H groups in total. The summed E-state index contributed by atoms with van der Waals surface area (Å²) in [4.78, 5) is 40.0. The number of carbonyl (C=O) groups excluding carboxylic acids is 3. The molecule has 0 aliphatic carbocycles. The van der Waals surface area contributed by atoms with Crippen LogP contribution < -0.4 is 10.2 Å². The van der Waals surface area contributed by atoms with E-state index in [-0.39, 0.29) is 13.2 Å². The van der Waals surface area contributed by atoms with Gasteiger partial charge in [0.25, 0.3) is 5.91 Å². The average molecular weight is 437 g/mol. The van der Waals surface area contributed by atoms with E-state index in [1.165, 1.54) is 4.90 Å². The fraction of sp³-hybridized carbons (Fsp3) is 0.320. The third kappa shape index (κ3) is 5.55. The normalized spacial score (nSPS) is 15.9. The number of anilines is 1. The summed E-state index contributed by atoms with van der Waals surface area (Å²) in [6.07, 6.45) is 1.13. The number of hydrogen-bond acceptors (Lipinski definition) is 5. The number of esters is 1. The van der Waals surface area contributed by atoms with Crippen molar-refractivity contribution in [1.29, 1.82) is 0 Å². The Balaban J connectivity index is 2.09. The van der Waals surface area contributed by atoms with Crippen LogP contribution in [0.2, 0.25) is 0 Å². The quantitative estimate of drug-likeness (QED) is 0.716. The van der Waals surface area contributed by atoms with Gasteiger partial charge in [0.15, 0.2) is 0 Å². The first kappa shape index (κ1) is 23.1. The number of nitrogens with zero attached hydrogens (tertiary/aromatic N) is 1. The summed E-state index contributed by atoms with van der Waals surface area (Å²) in [5.41, 5.74) is 1.95. The molecule has 0 bridgehead atoms. The molecule has 0 fully saturated rings. The maximum Gasteiger partial charge on any atom is 0.408 e. The summed E-state index contributed by atoms with van der Waals surface area (Å²) < 4.78 is 10.5. The van der Waals surface area contributed by atoms with Crippen LogP contribution >= 0.6 is 0 Å². The van der Waals surface area contributed by atoms with Crippen molar-refractivity contribution < 1.29 is 23.9 Å².